The Kier molecular flexibility index (Phi) is 3.13. The van der Waals surface area contributed by atoms with Gasteiger partial charge in [0.2, 0.25) is 0 Å². The lowest BCUT2D eigenvalue weighted by atomic mass is 10.0. The summed E-state index contributed by atoms with van der Waals surface area (Å²) in [6.45, 7) is 0.603. The molecule has 5 heteroatoms. The van der Waals surface area contributed by atoms with Crippen molar-refractivity contribution < 1.29 is 18.3 Å². The number of hydrogen-bond donors (Lipinski definition) is 2. The fourth-order valence-corrected chi connectivity index (χ4v) is 1.16. The van der Waals surface area contributed by atoms with E-state index in [9.17, 15) is 13.2 Å². The highest BCUT2D eigenvalue weighted by atomic mass is 19.2. The van der Waals surface area contributed by atoms with Crippen LogP contribution in [0, 0.1) is 24.4 Å². The number of benzene rings is 1. The first-order chi connectivity index (χ1) is 6.49. The van der Waals surface area contributed by atoms with Crippen LogP contribution in [0.25, 0.3) is 0 Å². The molecule has 0 unspecified atom stereocenters. The summed E-state index contributed by atoms with van der Waals surface area (Å²) in [4.78, 5) is 0. The van der Waals surface area contributed by atoms with E-state index < -0.39 is 35.7 Å². The minimum absolute atomic E-state index is 0.131. The summed E-state index contributed by atoms with van der Waals surface area (Å²) < 4.78 is 39.3. The van der Waals surface area contributed by atoms with Gasteiger partial charge in [-0.1, -0.05) is 0 Å². The van der Waals surface area contributed by atoms with Crippen molar-refractivity contribution in [1.29, 1.82) is 0 Å². The van der Waals surface area contributed by atoms with Gasteiger partial charge < -0.3 is 10.8 Å². The lowest BCUT2D eigenvalue weighted by Crippen LogP contribution is -2.19. The third-order valence-electron chi connectivity index (χ3n) is 1.94. The highest BCUT2D eigenvalue weighted by Crippen LogP contribution is 2.23. The highest BCUT2D eigenvalue weighted by Gasteiger charge is 2.21. The second-order valence-corrected chi connectivity index (χ2v) is 3.01. The van der Waals surface area contributed by atoms with Gasteiger partial charge in [-0.3, -0.25) is 0 Å². The van der Waals surface area contributed by atoms with Crippen LogP contribution in [-0.2, 0) is 0 Å². The summed E-state index contributed by atoms with van der Waals surface area (Å²) in [5, 5.41) is 8.62. The van der Waals surface area contributed by atoms with Crippen molar-refractivity contribution in [2.45, 2.75) is 13.0 Å². The van der Waals surface area contributed by atoms with E-state index in [1.807, 2.05) is 0 Å². The van der Waals surface area contributed by atoms with Crippen LogP contribution in [0.4, 0.5) is 13.2 Å². The van der Waals surface area contributed by atoms with Gasteiger partial charge in [0.15, 0.2) is 11.6 Å². The van der Waals surface area contributed by atoms with Crippen LogP contribution in [0.15, 0.2) is 6.07 Å². The van der Waals surface area contributed by atoms with E-state index in [-0.39, 0.29) is 5.56 Å². The Morgan fingerprint density at radius 1 is 1.36 bits per heavy atom. The van der Waals surface area contributed by atoms with Gasteiger partial charge >= 0.3 is 0 Å². The number of halogens is 3. The standard InChI is InChI=1S/C9H10F3NO/c1-4-2-5(10)7(6(13)3-14)9(12)8(4)11/h2,6,14H,3,13H2,1H3/t6-/m0/s1. The molecule has 2 nitrogen and oxygen atoms in total. The molecule has 0 saturated carbocycles. The molecular formula is C9H10F3NO. The van der Waals surface area contributed by atoms with Crippen molar-refractivity contribution in [2.75, 3.05) is 6.61 Å². The molecule has 0 heterocycles. The normalized spacial score (nSPS) is 13.0. The lowest BCUT2D eigenvalue weighted by Gasteiger charge is -2.12. The monoisotopic (exact) mass is 205 g/mol. The lowest BCUT2D eigenvalue weighted by molar-refractivity contribution is 0.261. The van der Waals surface area contributed by atoms with Crippen molar-refractivity contribution in [3.63, 3.8) is 0 Å². The average molecular weight is 205 g/mol. The first-order valence-corrected chi connectivity index (χ1v) is 3.99. The van der Waals surface area contributed by atoms with Crippen molar-refractivity contribution in [3.05, 3.63) is 34.6 Å². The zero-order valence-electron chi connectivity index (χ0n) is 7.52. The molecule has 0 aromatic heterocycles. The fraction of sp³-hybridized carbons (Fsp3) is 0.333. The van der Waals surface area contributed by atoms with Crippen molar-refractivity contribution in [2.24, 2.45) is 5.73 Å². The summed E-state index contributed by atoms with van der Waals surface area (Å²) in [5.41, 5.74) is 4.47. The summed E-state index contributed by atoms with van der Waals surface area (Å²) in [6.07, 6.45) is 0. The van der Waals surface area contributed by atoms with Gasteiger partial charge in [-0.25, -0.2) is 13.2 Å². The minimum atomic E-state index is -1.33. The number of aryl methyl sites for hydroxylation is 1. The number of aliphatic hydroxyl groups excluding tert-OH is 1. The summed E-state index contributed by atoms with van der Waals surface area (Å²) in [6, 6.07) is -0.395. The van der Waals surface area contributed by atoms with Gasteiger partial charge in [0.05, 0.1) is 12.6 Å². The Morgan fingerprint density at radius 3 is 2.43 bits per heavy atom. The fourth-order valence-electron chi connectivity index (χ4n) is 1.16. The van der Waals surface area contributed by atoms with Gasteiger partial charge in [0, 0.05) is 5.56 Å². The summed E-state index contributed by atoms with van der Waals surface area (Å²) in [5.74, 6) is -3.41. The van der Waals surface area contributed by atoms with Gasteiger partial charge in [-0.05, 0) is 18.6 Å². The highest BCUT2D eigenvalue weighted by molar-refractivity contribution is 5.29. The van der Waals surface area contributed by atoms with Crippen LogP contribution in [-0.4, -0.2) is 11.7 Å². The third-order valence-corrected chi connectivity index (χ3v) is 1.94. The number of nitrogens with two attached hydrogens (primary N) is 1. The molecule has 0 radical (unpaired) electrons. The van der Waals surface area contributed by atoms with E-state index >= 15 is 0 Å². The first kappa shape index (κ1) is 11.0. The van der Waals surface area contributed by atoms with E-state index in [0.29, 0.717) is 0 Å². The average Bonchev–Trinajstić information content (AvgIpc) is 2.14. The predicted octanol–water partition coefficient (Wildman–Crippen LogP) is 1.40. The zero-order chi connectivity index (χ0) is 10.9. The molecule has 0 aliphatic heterocycles. The van der Waals surface area contributed by atoms with E-state index in [2.05, 4.69) is 0 Å². The molecule has 1 atom stereocenters. The molecule has 0 fully saturated rings. The van der Waals surface area contributed by atoms with Gasteiger partial charge in [0.25, 0.3) is 0 Å². The molecule has 0 aliphatic rings. The molecule has 3 N–H and O–H groups in total. The topological polar surface area (TPSA) is 46.2 Å². The van der Waals surface area contributed by atoms with E-state index in [4.69, 9.17) is 10.8 Å². The molecule has 1 aromatic carbocycles. The maximum absolute atomic E-state index is 13.2. The smallest absolute Gasteiger partial charge is 0.166 e. The Balaban J connectivity index is 3.36. The molecule has 0 aliphatic carbocycles. The van der Waals surface area contributed by atoms with Crippen LogP contribution in [0.3, 0.4) is 0 Å². The van der Waals surface area contributed by atoms with Crippen molar-refractivity contribution in [1.82, 2.24) is 0 Å². The molecule has 0 bridgehead atoms. The molecule has 1 aromatic rings. The van der Waals surface area contributed by atoms with Crippen LogP contribution >= 0.6 is 0 Å². The molecule has 0 amide bonds. The van der Waals surface area contributed by atoms with Crippen LogP contribution in [0.5, 0.6) is 0 Å². The summed E-state index contributed by atoms with van der Waals surface area (Å²) >= 11 is 0. The van der Waals surface area contributed by atoms with Gasteiger partial charge in [-0.15, -0.1) is 0 Å². The van der Waals surface area contributed by atoms with Crippen LogP contribution in [0.1, 0.15) is 17.2 Å². The molecule has 1 rings (SSSR count). The van der Waals surface area contributed by atoms with Gasteiger partial charge in [-0.2, -0.15) is 0 Å². The number of aliphatic hydroxyl groups is 1. The Morgan fingerprint density at radius 2 is 1.93 bits per heavy atom. The van der Waals surface area contributed by atoms with Crippen LogP contribution < -0.4 is 5.73 Å². The zero-order valence-corrected chi connectivity index (χ0v) is 7.52. The largest absolute Gasteiger partial charge is 0.394 e. The van der Waals surface area contributed by atoms with Crippen molar-refractivity contribution >= 4 is 0 Å². The minimum Gasteiger partial charge on any atom is -0.394 e. The Labute approximate surface area is 79.2 Å². The van der Waals surface area contributed by atoms with Crippen molar-refractivity contribution in [3.8, 4) is 0 Å². The maximum atomic E-state index is 13.2. The Bertz CT molecular complexity index is 354. The summed E-state index contributed by atoms with van der Waals surface area (Å²) in [7, 11) is 0. The quantitative estimate of drug-likeness (QED) is 0.717. The molecule has 0 spiro atoms. The first-order valence-electron chi connectivity index (χ1n) is 3.99. The second-order valence-electron chi connectivity index (χ2n) is 3.01. The Hall–Kier alpha value is -1.07. The van der Waals surface area contributed by atoms with E-state index in [1.165, 1.54) is 6.92 Å². The van der Waals surface area contributed by atoms with E-state index in [0.717, 1.165) is 6.07 Å². The van der Waals surface area contributed by atoms with E-state index in [1.54, 1.807) is 0 Å². The number of hydrogen-bond acceptors (Lipinski definition) is 2. The SMILES string of the molecule is Cc1cc(F)c([C@@H](N)CO)c(F)c1F. The molecular weight excluding hydrogens is 195 g/mol. The van der Waals surface area contributed by atoms with Gasteiger partial charge in [0.1, 0.15) is 5.82 Å². The maximum Gasteiger partial charge on any atom is 0.166 e. The molecule has 78 valence electrons. The third kappa shape index (κ3) is 1.73. The number of rotatable bonds is 2. The second kappa shape index (κ2) is 3.98. The molecule has 0 saturated heterocycles. The molecule has 14 heavy (non-hydrogen) atoms. The van der Waals surface area contributed by atoms with Crippen LogP contribution in [0.2, 0.25) is 0 Å². The predicted molar refractivity (Wildman–Crippen MR) is 45.1 cm³/mol.